The van der Waals surface area contributed by atoms with Gasteiger partial charge in [0.25, 0.3) is 0 Å². The number of aryl methyl sites for hydroxylation is 1. The van der Waals surface area contributed by atoms with Gasteiger partial charge in [0.2, 0.25) is 0 Å². The zero-order valence-electron chi connectivity index (χ0n) is 7.23. The first-order valence-corrected chi connectivity index (χ1v) is 4.32. The van der Waals surface area contributed by atoms with Gasteiger partial charge in [-0.2, -0.15) is 0 Å². The Morgan fingerprint density at radius 3 is 2.67 bits per heavy atom. The summed E-state index contributed by atoms with van der Waals surface area (Å²) in [6.07, 6.45) is 0.861. The number of Topliss-reactive ketones (excluding diaryl/α,β-unsaturated/α-hetero) is 1. The summed E-state index contributed by atoms with van der Waals surface area (Å²) in [5.74, 6) is 0.0846. The quantitative estimate of drug-likeness (QED) is 0.643. The third-order valence-electron chi connectivity index (χ3n) is 1.83. The topological polar surface area (TPSA) is 17.1 Å². The fourth-order valence-corrected chi connectivity index (χ4v) is 1.32. The summed E-state index contributed by atoms with van der Waals surface area (Å²) >= 11 is 5.89. The van der Waals surface area contributed by atoms with Crippen molar-refractivity contribution in [3.05, 3.63) is 34.3 Å². The van der Waals surface area contributed by atoms with Crippen LogP contribution in [0, 0.1) is 0 Å². The van der Waals surface area contributed by atoms with E-state index in [9.17, 15) is 4.79 Å². The van der Waals surface area contributed by atoms with E-state index < -0.39 is 0 Å². The molecule has 1 aromatic rings. The minimum atomic E-state index is 0.0846. The van der Waals surface area contributed by atoms with Crippen LogP contribution in [0.4, 0.5) is 0 Å². The van der Waals surface area contributed by atoms with Crippen LogP contribution in [0.5, 0.6) is 0 Å². The van der Waals surface area contributed by atoms with Crippen molar-refractivity contribution in [2.24, 2.45) is 0 Å². The van der Waals surface area contributed by atoms with Crippen LogP contribution in [0.2, 0.25) is 5.02 Å². The maximum absolute atomic E-state index is 11.0. The third kappa shape index (κ3) is 1.86. The molecule has 0 heterocycles. The molecule has 12 heavy (non-hydrogen) atoms. The largest absolute Gasteiger partial charge is 0.295 e. The number of hydrogen-bond donors (Lipinski definition) is 0. The smallest absolute Gasteiger partial charge is 0.159 e. The Labute approximate surface area is 77.4 Å². The highest BCUT2D eigenvalue weighted by Crippen LogP contribution is 2.18. The summed E-state index contributed by atoms with van der Waals surface area (Å²) in [6.45, 7) is 3.58. The van der Waals surface area contributed by atoms with E-state index in [0.29, 0.717) is 0 Å². The lowest BCUT2D eigenvalue weighted by atomic mass is 10.1. The monoisotopic (exact) mass is 182 g/mol. The summed E-state index contributed by atoms with van der Waals surface area (Å²) in [7, 11) is 0. The second-order valence-electron chi connectivity index (χ2n) is 2.72. The molecule has 0 saturated heterocycles. The fourth-order valence-electron chi connectivity index (χ4n) is 1.06. The zero-order valence-corrected chi connectivity index (χ0v) is 7.98. The normalized spacial score (nSPS) is 9.92. The lowest BCUT2D eigenvalue weighted by Crippen LogP contribution is -1.93. The third-order valence-corrected chi connectivity index (χ3v) is 2.20. The Hall–Kier alpha value is -0.820. The van der Waals surface area contributed by atoms with Crippen molar-refractivity contribution in [1.29, 1.82) is 0 Å². The summed E-state index contributed by atoms with van der Waals surface area (Å²) in [5.41, 5.74) is 1.76. The first kappa shape index (κ1) is 9.27. The van der Waals surface area contributed by atoms with Gasteiger partial charge in [0.15, 0.2) is 5.78 Å². The fraction of sp³-hybridized carbons (Fsp3) is 0.300. The second kappa shape index (κ2) is 3.72. The molecule has 0 aromatic heterocycles. The molecule has 1 rings (SSSR count). The van der Waals surface area contributed by atoms with Crippen molar-refractivity contribution in [2.45, 2.75) is 20.3 Å². The molecule has 0 radical (unpaired) electrons. The van der Waals surface area contributed by atoms with Gasteiger partial charge >= 0.3 is 0 Å². The maximum atomic E-state index is 11.0. The molecule has 0 atom stereocenters. The molecule has 0 N–H and O–H groups in total. The molecule has 0 fully saturated rings. The van der Waals surface area contributed by atoms with Crippen molar-refractivity contribution in [1.82, 2.24) is 0 Å². The molecular weight excluding hydrogens is 172 g/mol. The van der Waals surface area contributed by atoms with E-state index in [-0.39, 0.29) is 5.78 Å². The average Bonchev–Trinajstić information content (AvgIpc) is 2.05. The van der Waals surface area contributed by atoms with Gasteiger partial charge < -0.3 is 0 Å². The van der Waals surface area contributed by atoms with E-state index in [1.54, 1.807) is 19.1 Å². The van der Waals surface area contributed by atoms with Crippen LogP contribution in [-0.4, -0.2) is 5.78 Å². The van der Waals surface area contributed by atoms with Crippen molar-refractivity contribution in [3.8, 4) is 0 Å². The molecule has 64 valence electrons. The van der Waals surface area contributed by atoms with Crippen LogP contribution in [0.25, 0.3) is 0 Å². The molecule has 0 aliphatic heterocycles. The highest BCUT2D eigenvalue weighted by atomic mass is 35.5. The molecule has 1 nitrogen and oxygen atoms in total. The molecule has 0 unspecified atom stereocenters. The molecule has 0 saturated carbocycles. The van der Waals surface area contributed by atoms with E-state index >= 15 is 0 Å². The summed E-state index contributed by atoms with van der Waals surface area (Å²) in [6, 6.07) is 5.38. The lowest BCUT2D eigenvalue weighted by molar-refractivity contribution is 0.101. The molecule has 0 aliphatic carbocycles. The van der Waals surface area contributed by atoms with Crippen molar-refractivity contribution in [2.75, 3.05) is 0 Å². The lowest BCUT2D eigenvalue weighted by Gasteiger charge is -2.02. The van der Waals surface area contributed by atoms with Gasteiger partial charge in [0.1, 0.15) is 0 Å². The van der Waals surface area contributed by atoms with Crippen LogP contribution in [0.3, 0.4) is 0 Å². The van der Waals surface area contributed by atoms with Gasteiger partial charge in [-0.1, -0.05) is 18.5 Å². The molecule has 0 aliphatic rings. The maximum Gasteiger partial charge on any atom is 0.159 e. The van der Waals surface area contributed by atoms with Crippen molar-refractivity contribution in [3.63, 3.8) is 0 Å². The highest BCUT2D eigenvalue weighted by molar-refractivity contribution is 6.31. The minimum Gasteiger partial charge on any atom is -0.295 e. The Bertz CT molecular complexity index is 305. The Balaban J connectivity index is 3.13. The van der Waals surface area contributed by atoms with E-state index in [0.717, 1.165) is 22.6 Å². The SMILES string of the molecule is CCc1cc(C(C)=O)ccc1Cl. The second-order valence-corrected chi connectivity index (χ2v) is 3.12. The zero-order chi connectivity index (χ0) is 9.14. The highest BCUT2D eigenvalue weighted by Gasteiger charge is 2.02. The van der Waals surface area contributed by atoms with Crippen LogP contribution in [0.1, 0.15) is 29.8 Å². The molecule has 0 bridgehead atoms. The molecule has 0 spiro atoms. The predicted octanol–water partition coefficient (Wildman–Crippen LogP) is 3.11. The molecular formula is C10H11ClO. The Morgan fingerprint density at radius 2 is 2.17 bits per heavy atom. The van der Waals surface area contributed by atoms with Gasteiger partial charge in [-0.15, -0.1) is 0 Å². The van der Waals surface area contributed by atoms with Crippen molar-refractivity contribution >= 4 is 17.4 Å². The van der Waals surface area contributed by atoms with E-state index in [1.807, 2.05) is 13.0 Å². The number of carbonyl (C=O) groups is 1. The predicted molar refractivity (Wildman–Crippen MR) is 50.8 cm³/mol. The standard InChI is InChI=1S/C10H11ClO/c1-3-8-6-9(7(2)12)4-5-10(8)11/h4-6H,3H2,1-2H3. The number of ketones is 1. The van der Waals surface area contributed by atoms with E-state index in [1.165, 1.54) is 0 Å². The first-order chi connectivity index (χ1) is 5.65. The van der Waals surface area contributed by atoms with Crippen LogP contribution in [-0.2, 0) is 6.42 Å². The number of carbonyl (C=O) groups excluding carboxylic acids is 1. The Kier molecular flexibility index (Phi) is 2.88. The molecule has 0 amide bonds. The number of halogens is 1. The van der Waals surface area contributed by atoms with E-state index in [4.69, 9.17) is 11.6 Å². The number of benzene rings is 1. The van der Waals surface area contributed by atoms with Gasteiger partial charge in [-0.05, 0) is 37.1 Å². The minimum absolute atomic E-state index is 0.0846. The molecule has 1 aromatic carbocycles. The van der Waals surface area contributed by atoms with Gasteiger partial charge in [-0.3, -0.25) is 4.79 Å². The van der Waals surface area contributed by atoms with E-state index in [2.05, 4.69) is 0 Å². The summed E-state index contributed by atoms with van der Waals surface area (Å²) in [4.78, 5) is 11.0. The number of hydrogen-bond acceptors (Lipinski definition) is 1. The van der Waals surface area contributed by atoms with Crippen LogP contribution < -0.4 is 0 Å². The number of rotatable bonds is 2. The first-order valence-electron chi connectivity index (χ1n) is 3.94. The average molecular weight is 183 g/mol. The van der Waals surface area contributed by atoms with Gasteiger partial charge in [0, 0.05) is 10.6 Å². The summed E-state index contributed by atoms with van der Waals surface area (Å²) in [5, 5.41) is 0.738. The van der Waals surface area contributed by atoms with Crippen LogP contribution in [0.15, 0.2) is 18.2 Å². The van der Waals surface area contributed by atoms with Crippen molar-refractivity contribution < 1.29 is 4.79 Å². The van der Waals surface area contributed by atoms with Gasteiger partial charge in [-0.25, -0.2) is 0 Å². The summed E-state index contributed by atoms with van der Waals surface area (Å²) < 4.78 is 0. The molecule has 2 heteroatoms. The van der Waals surface area contributed by atoms with Gasteiger partial charge in [0.05, 0.1) is 0 Å². The van der Waals surface area contributed by atoms with Crippen LogP contribution >= 0.6 is 11.6 Å². The Morgan fingerprint density at radius 1 is 1.50 bits per heavy atom.